The van der Waals surface area contributed by atoms with Gasteiger partial charge >= 0.3 is 0 Å². The minimum atomic E-state index is -3.37. The molecule has 1 aliphatic rings. The van der Waals surface area contributed by atoms with E-state index in [1.165, 1.54) is 0 Å². The van der Waals surface area contributed by atoms with Crippen LogP contribution in [0.15, 0.2) is 0 Å². The van der Waals surface area contributed by atoms with Gasteiger partial charge < -0.3 is 5.73 Å². The first-order valence-electron chi connectivity index (χ1n) is 5.70. The van der Waals surface area contributed by atoms with Crippen LogP contribution >= 0.6 is 0 Å². The summed E-state index contributed by atoms with van der Waals surface area (Å²) >= 11 is 0. The first kappa shape index (κ1) is 13.4. The van der Waals surface area contributed by atoms with E-state index in [1.807, 2.05) is 6.92 Å². The van der Waals surface area contributed by atoms with Gasteiger partial charge in [-0.2, -0.15) is 0 Å². The van der Waals surface area contributed by atoms with E-state index < -0.39 is 15.9 Å². The number of nitrogens with one attached hydrogen (secondary N) is 1. The van der Waals surface area contributed by atoms with Crippen molar-refractivity contribution in [2.24, 2.45) is 11.7 Å². The number of rotatable bonds is 7. The molecule has 94 valence electrons. The molecule has 1 saturated carbocycles. The molecule has 6 heteroatoms. The number of carbonyl (C=O) groups is 1. The van der Waals surface area contributed by atoms with Crippen LogP contribution in [0.25, 0.3) is 0 Å². The number of carbonyl (C=O) groups excluding carboxylic acids is 1. The Kier molecular flexibility index (Phi) is 4.73. The Hall–Kier alpha value is -0.620. The monoisotopic (exact) mass is 248 g/mol. The molecule has 1 unspecified atom stereocenters. The number of sulfonamides is 1. The molecule has 16 heavy (non-hydrogen) atoms. The highest BCUT2D eigenvalue weighted by atomic mass is 32.2. The van der Waals surface area contributed by atoms with E-state index in [1.54, 1.807) is 0 Å². The fourth-order valence-electron chi connectivity index (χ4n) is 1.48. The summed E-state index contributed by atoms with van der Waals surface area (Å²) in [6.07, 6.45) is 3.15. The zero-order chi connectivity index (χ0) is 12.2. The fraction of sp³-hybridized carbons (Fsp3) is 0.900. The third-order valence-electron chi connectivity index (χ3n) is 2.74. The van der Waals surface area contributed by atoms with E-state index in [0.717, 1.165) is 6.42 Å². The van der Waals surface area contributed by atoms with Crippen molar-refractivity contribution in [3.63, 3.8) is 0 Å². The molecule has 0 aromatic rings. The maximum Gasteiger partial charge on any atom is 0.237 e. The molecule has 1 atom stereocenters. The van der Waals surface area contributed by atoms with E-state index in [-0.39, 0.29) is 11.7 Å². The van der Waals surface area contributed by atoms with Gasteiger partial charge in [-0.1, -0.05) is 6.92 Å². The second-order valence-corrected chi connectivity index (χ2v) is 6.45. The van der Waals surface area contributed by atoms with Gasteiger partial charge in [-0.3, -0.25) is 9.52 Å². The zero-order valence-electron chi connectivity index (χ0n) is 9.61. The minimum absolute atomic E-state index is 0.257. The summed E-state index contributed by atoms with van der Waals surface area (Å²) in [6.45, 7) is 2.61. The van der Waals surface area contributed by atoms with Crippen LogP contribution in [0, 0.1) is 5.92 Å². The minimum Gasteiger partial charge on any atom is -0.330 e. The highest BCUT2D eigenvalue weighted by molar-refractivity contribution is 7.90. The fourth-order valence-corrected chi connectivity index (χ4v) is 2.82. The lowest BCUT2D eigenvalue weighted by molar-refractivity contribution is -0.119. The van der Waals surface area contributed by atoms with Crippen LogP contribution in [-0.4, -0.2) is 26.1 Å². The predicted molar refractivity (Wildman–Crippen MR) is 62.2 cm³/mol. The van der Waals surface area contributed by atoms with Gasteiger partial charge in [0.2, 0.25) is 15.9 Å². The topological polar surface area (TPSA) is 89.3 Å². The third kappa shape index (κ3) is 4.49. The summed E-state index contributed by atoms with van der Waals surface area (Å²) in [5.41, 5.74) is 5.39. The molecule has 0 aromatic heterocycles. The van der Waals surface area contributed by atoms with Gasteiger partial charge in [0.15, 0.2) is 0 Å². The molecule has 0 spiro atoms. The van der Waals surface area contributed by atoms with Crippen LogP contribution < -0.4 is 10.5 Å². The Morgan fingerprint density at radius 3 is 2.56 bits per heavy atom. The largest absolute Gasteiger partial charge is 0.330 e. The first-order chi connectivity index (χ1) is 7.45. The molecule has 0 aromatic carbocycles. The maximum atomic E-state index is 11.4. The van der Waals surface area contributed by atoms with E-state index in [0.29, 0.717) is 31.7 Å². The lowest BCUT2D eigenvalue weighted by atomic mass is 10.0. The molecule has 0 radical (unpaired) electrons. The van der Waals surface area contributed by atoms with Gasteiger partial charge in [-0.15, -0.1) is 0 Å². The van der Waals surface area contributed by atoms with E-state index in [4.69, 9.17) is 5.73 Å². The summed E-state index contributed by atoms with van der Waals surface area (Å²) in [5.74, 6) is -0.0323. The SMILES string of the molecule is CC(CCN)CCC(=O)NS(=O)(=O)C1CC1. The normalized spacial score (nSPS) is 18.1. The van der Waals surface area contributed by atoms with Crippen LogP contribution in [0.5, 0.6) is 0 Å². The molecular weight excluding hydrogens is 228 g/mol. The quantitative estimate of drug-likeness (QED) is 0.680. The Balaban J connectivity index is 2.25. The smallest absolute Gasteiger partial charge is 0.237 e. The Labute approximate surface area is 96.8 Å². The molecule has 1 aliphatic carbocycles. The molecular formula is C10H20N2O3S. The maximum absolute atomic E-state index is 11.4. The number of hydrogen-bond donors (Lipinski definition) is 2. The van der Waals surface area contributed by atoms with Crippen LogP contribution in [0.4, 0.5) is 0 Å². The first-order valence-corrected chi connectivity index (χ1v) is 7.25. The lowest BCUT2D eigenvalue weighted by Gasteiger charge is -2.09. The van der Waals surface area contributed by atoms with Gasteiger partial charge in [0.05, 0.1) is 5.25 Å². The van der Waals surface area contributed by atoms with Gasteiger partial charge in [0.1, 0.15) is 0 Å². The second-order valence-electron chi connectivity index (χ2n) is 4.49. The van der Waals surface area contributed by atoms with Crippen LogP contribution in [-0.2, 0) is 14.8 Å². The zero-order valence-corrected chi connectivity index (χ0v) is 10.4. The van der Waals surface area contributed by atoms with Gasteiger partial charge in [-0.05, 0) is 38.1 Å². The number of hydrogen-bond acceptors (Lipinski definition) is 4. The van der Waals surface area contributed by atoms with E-state index in [2.05, 4.69) is 4.72 Å². The van der Waals surface area contributed by atoms with Crippen molar-refractivity contribution in [3.8, 4) is 0 Å². The summed E-state index contributed by atoms with van der Waals surface area (Å²) in [7, 11) is -3.37. The summed E-state index contributed by atoms with van der Waals surface area (Å²) < 4.78 is 25.0. The summed E-state index contributed by atoms with van der Waals surface area (Å²) in [4.78, 5) is 11.4. The molecule has 0 saturated heterocycles. The Bertz CT molecular complexity index is 336. The Morgan fingerprint density at radius 1 is 1.44 bits per heavy atom. The van der Waals surface area contributed by atoms with Crippen molar-refractivity contribution >= 4 is 15.9 Å². The molecule has 0 heterocycles. The van der Waals surface area contributed by atoms with Crippen molar-refractivity contribution in [2.45, 2.75) is 44.3 Å². The average molecular weight is 248 g/mol. The second kappa shape index (κ2) is 5.63. The number of nitrogens with two attached hydrogens (primary N) is 1. The molecule has 0 aliphatic heterocycles. The van der Waals surface area contributed by atoms with Crippen molar-refractivity contribution in [2.75, 3.05) is 6.54 Å². The van der Waals surface area contributed by atoms with Crippen molar-refractivity contribution in [1.29, 1.82) is 0 Å². The van der Waals surface area contributed by atoms with Crippen molar-refractivity contribution in [3.05, 3.63) is 0 Å². The predicted octanol–water partition coefficient (Wildman–Crippen LogP) is 0.360. The van der Waals surface area contributed by atoms with Gasteiger partial charge in [-0.25, -0.2) is 8.42 Å². The van der Waals surface area contributed by atoms with Gasteiger partial charge in [0, 0.05) is 6.42 Å². The molecule has 5 nitrogen and oxygen atoms in total. The van der Waals surface area contributed by atoms with Crippen LogP contribution in [0.3, 0.4) is 0 Å². The third-order valence-corrected chi connectivity index (χ3v) is 4.60. The summed E-state index contributed by atoms with van der Waals surface area (Å²) in [6, 6.07) is 0. The van der Waals surface area contributed by atoms with E-state index in [9.17, 15) is 13.2 Å². The van der Waals surface area contributed by atoms with Crippen LogP contribution in [0.1, 0.15) is 39.0 Å². The molecule has 0 bridgehead atoms. The highest BCUT2D eigenvalue weighted by Crippen LogP contribution is 2.27. The molecule has 1 rings (SSSR count). The highest BCUT2D eigenvalue weighted by Gasteiger charge is 2.36. The van der Waals surface area contributed by atoms with Crippen molar-refractivity contribution in [1.82, 2.24) is 4.72 Å². The lowest BCUT2D eigenvalue weighted by Crippen LogP contribution is -2.33. The molecule has 3 N–H and O–H groups in total. The average Bonchev–Trinajstić information content (AvgIpc) is 2.97. The molecule has 1 fully saturated rings. The Morgan fingerprint density at radius 2 is 2.06 bits per heavy atom. The standard InChI is InChI=1S/C10H20N2O3S/c1-8(6-7-11)2-5-10(13)12-16(14,15)9-3-4-9/h8-9H,2-7,11H2,1H3,(H,12,13). The van der Waals surface area contributed by atoms with Gasteiger partial charge in [0.25, 0.3) is 0 Å². The number of amides is 1. The van der Waals surface area contributed by atoms with Crippen molar-refractivity contribution < 1.29 is 13.2 Å². The van der Waals surface area contributed by atoms with Crippen LogP contribution in [0.2, 0.25) is 0 Å². The summed E-state index contributed by atoms with van der Waals surface area (Å²) in [5, 5.41) is -0.335. The molecule has 1 amide bonds. The van der Waals surface area contributed by atoms with E-state index >= 15 is 0 Å².